The van der Waals surface area contributed by atoms with Gasteiger partial charge in [0.2, 0.25) is 0 Å². The van der Waals surface area contributed by atoms with Crippen LogP contribution in [0.4, 0.5) is 4.39 Å². The number of aliphatic imine (C=N–C) groups is 1. The minimum absolute atomic E-state index is 0.145. The van der Waals surface area contributed by atoms with Gasteiger partial charge in [0.15, 0.2) is 23.6 Å². The topological polar surface area (TPSA) is 62.7 Å². The summed E-state index contributed by atoms with van der Waals surface area (Å²) < 4.78 is 18.5. The van der Waals surface area contributed by atoms with E-state index in [1.54, 1.807) is 6.07 Å². The maximum absolute atomic E-state index is 13.6. The second kappa shape index (κ2) is 5.26. The number of hydrogen-bond acceptors (Lipinski definition) is 4. The van der Waals surface area contributed by atoms with Gasteiger partial charge < -0.3 is 10.1 Å². The van der Waals surface area contributed by atoms with E-state index >= 15 is 0 Å². The molecule has 0 saturated heterocycles. The molecule has 102 valence electrons. The van der Waals surface area contributed by atoms with E-state index in [2.05, 4.69) is 15.6 Å². The lowest BCUT2D eigenvalue weighted by Crippen LogP contribution is -2.40. The highest BCUT2D eigenvalue weighted by Gasteiger charge is 2.28. The third-order valence-electron chi connectivity index (χ3n) is 2.67. The molecule has 6 heteroatoms. The molecule has 1 atom stereocenters. The van der Waals surface area contributed by atoms with Gasteiger partial charge in [-0.2, -0.15) is 0 Å². The van der Waals surface area contributed by atoms with E-state index in [4.69, 9.17) is 4.74 Å². The molecule has 1 aromatic carbocycles. The van der Waals surface area contributed by atoms with Crippen molar-refractivity contribution in [3.8, 4) is 5.75 Å². The second-order valence-electron chi connectivity index (χ2n) is 4.56. The summed E-state index contributed by atoms with van der Waals surface area (Å²) in [5, 5.41) is 5.64. The zero-order valence-electron chi connectivity index (χ0n) is 11.0. The number of carbonyl (C=O) groups excluding carboxylic acids is 1. The molecule has 0 spiro atoms. The molecule has 19 heavy (non-hydrogen) atoms. The Morgan fingerprint density at radius 3 is 2.79 bits per heavy atom. The fraction of sp³-hybridized carbons (Fsp3) is 0.385. The number of guanidine groups is 1. The van der Waals surface area contributed by atoms with Crippen molar-refractivity contribution in [2.24, 2.45) is 4.99 Å². The van der Waals surface area contributed by atoms with Gasteiger partial charge >= 0.3 is 0 Å². The van der Waals surface area contributed by atoms with Crippen LogP contribution in [0.1, 0.15) is 25.5 Å². The number of benzene rings is 1. The van der Waals surface area contributed by atoms with Crippen LogP contribution in [-0.2, 0) is 4.79 Å². The fourth-order valence-corrected chi connectivity index (χ4v) is 1.83. The summed E-state index contributed by atoms with van der Waals surface area (Å²) in [6, 6.07) is 3.83. The second-order valence-corrected chi connectivity index (χ2v) is 4.56. The fourth-order valence-electron chi connectivity index (χ4n) is 1.83. The monoisotopic (exact) mass is 265 g/mol. The number of amides is 1. The molecule has 0 fully saturated rings. The van der Waals surface area contributed by atoms with Crippen LogP contribution in [0, 0.1) is 5.82 Å². The van der Waals surface area contributed by atoms with Crippen molar-refractivity contribution >= 4 is 11.9 Å². The molecular weight excluding hydrogens is 249 g/mol. The molecular formula is C13H16FN3O2. The van der Waals surface area contributed by atoms with Crippen LogP contribution < -0.4 is 15.4 Å². The lowest BCUT2D eigenvalue weighted by Gasteiger charge is -2.07. The van der Waals surface area contributed by atoms with Gasteiger partial charge in [-0.1, -0.05) is 6.07 Å². The molecule has 2 rings (SSSR count). The number of methoxy groups -OCH3 is 1. The maximum Gasteiger partial charge on any atom is 0.256 e. The average molecular weight is 265 g/mol. The van der Waals surface area contributed by atoms with Gasteiger partial charge in [0.1, 0.15) is 0 Å². The first-order chi connectivity index (χ1) is 9.01. The van der Waals surface area contributed by atoms with E-state index < -0.39 is 11.9 Å². The molecule has 0 aromatic heterocycles. The summed E-state index contributed by atoms with van der Waals surface area (Å²) in [5.41, 5.74) is 0.497. The molecule has 2 N–H and O–H groups in total. The molecule has 1 aliphatic rings. The highest BCUT2D eigenvalue weighted by molar-refractivity contribution is 6.05. The third-order valence-corrected chi connectivity index (χ3v) is 2.67. The average Bonchev–Trinajstić information content (AvgIpc) is 2.69. The zero-order chi connectivity index (χ0) is 14.0. The molecule has 0 aliphatic carbocycles. The molecule has 1 aliphatic heterocycles. The number of nitrogens with one attached hydrogen (secondary N) is 2. The molecule has 1 aromatic rings. The van der Waals surface area contributed by atoms with Crippen molar-refractivity contribution in [3.05, 3.63) is 29.6 Å². The molecule has 0 saturated carbocycles. The van der Waals surface area contributed by atoms with Crippen LogP contribution in [0.2, 0.25) is 0 Å². The van der Waals surface area contributed by atoms with Crippen molar-refractivity contribution < 1.29 is 13.9 Å². The van der Waals surface area contributed by atoms with E-state index in [0.717, 1.165) is 0 Å². The molecule has 1 unspecified atom stereocenters. The van der Waals surface area contributed by atoms with E-state index in [1.165, 1.54) is 19.2 Å². The molecule has 1 heterocycles. The van der Waals surface area contributed by atoms with Crippen LogP contribution in [0.3, 0.4) is 0 Å². The lowest BCUT2D eigenvalue weighted by atomic mass is 10.1. The first kappa shape index (κ1) is 13.3. The van der Waals surface area contributed by atoms with Crippen LogP contribution in [-0.4, -0.2) is 25.0 Å². The highest BCUT2D eigenvalue weighted by atomic mass is 19.1. The van der Waals surface area contributed by atoms with E-state index in [1.807, 2.05) is 13.8 Å². The van der Waals surface area contributed by atoms with Gasteiger partial charge in [-0.3, -0.25) is 10.1 Å². The van der Waals surface area contributed by atoms with Gasteiger partial charge in [-0.25, -0.2) is 9.38 Å². The summed E-state index contributed by atoms with van der Waals surface area (Å²) in [6.07, 6.45) is 0. The Kier molecular flexibility index (Phi) is 3.69. The van der Waals surface area contributed by atoms with Gasteiger partial charge in [-0.15, -0.1) is 0 Å². The van der Waals surface area contributed by atoms with Gasteiger partial charge in [0.05, 0.1) is 7.11 Å². The number of rotatable bonds is 3. The quantitative estimate of drug-likeness (QED) is 0.867. The maximum atomic E-state index is 13.6. The summed E-state index contributed by atoms with van der Waals surface area (Å²) in [6.45, 7) is 3.88. The van der Waals surface area contributed by atoms with Gasteiger partial charge in [-0.05, 0) is 31.5 Å². The standard InChI is InChI=1S/C13H16FN3O2/c1-7(2)15-13-16-11(12(18)17-13)8-4-5-10(19-3)9(14)6-8/h4-7,11H,1-3H3,(H2,15,16,17,18). The Labute approximate surface area is 110 Å². The Bertz CT molecular complexity index is 529. The Balaban J connectivity index is 2.24. The predicted molar refractivity (Wildman–Crippen MR) is 69.5 cm³/mol. The minimum atomic E-state index is -0.721. The van der Waals surface area contributed by atoms with Crippen LogP contribution in [0.5, 0.6) is 5.75 Å². The molecule has 0 radical (unpaired) electrons. The van der Waals surface area contributed by atoms with Crippen molar-refractivity contribution in [1.29, 1.82) is 0 Å². The Morgan fingerprint density at radius 1 is 1.47 bits per heavy atom. The number of nitrogens with zero attached hydrogens (tertiary/aromatic N) is 1. The molecule has 5 nitrogen and oxygen atoms in total. The SMILES string of the molecule is COc1ccc(C2N=C(NC(C)C)NC2=O)cc1F. The van der Waals surface area contributed by atoms with E-state index in [9.17, 15) is 9.18 Å². The summed E-state index contributed by atoms with van der Waals surface area (Å²) in [4.78, 5) is 16.0. The summed E-state index contributed by atoms with van der Waals surface area (Å²) in [5.74, 6) is -0.214. The van der Waals surface area contributed by atoms with Crippen molar-refractivity contribution in [1.82, 2.24) is 10.6 Å². The minimum Gasteiger partial charge on any atom is -0.494 e. The number of halogens is 1. The number of carbonyl (C=O) groups is 1. The van der Waals surface area contributed by atoms with Crippen LogP contribution in [0.15, 0.2) is 23.2 Å². The normalized spacial score (nSPS) is 18.3. The largest absolute Gasteiger partial charge is 0.494 e. The lowest BCUT2D eigenvalue weighted by molar-refractivity contribution is -0.120. The third kappa shape index (κ3) is 2.83. The molecule has 0 bridgehead atoms. The first-order valence-electron chi connectivity index (χ1n) is 6.00. The van der Waals surface area contributed by atoms with Crippen LogP contribution in [0.25, 0.3) is 0 Å². The van der Waals surface area contributed by atoms with Gasteiger partial charge in [0, 0.05) is 6.04 Å². The first-order valence-corrected chi connectivity index (χ1v) is 6.00. The summed E-state index contributed by atoms with van der Waals surface area (Å²) in [7, 11) is 1.39. The summed E-state index contributed by atoms with van der Waals surface area (Å²) >= 11 is 0. The number of hydrogen-bond donors (Lipinski definition) is 2. The Hall–Kier alpha value is -2.11. The van der Waals surface area contributed by atoms with E-state index in [-0.39, 0.29) is 17.7 Å². The van der Waals surface area contributed by atoms with Crippen molar-refractivity contribution in [2.45, 2.75) is 25.9 Å². The zero-order valence-corrected chi connectivity index (χ0v) is 11.0. The van der Waals surface area contributed by atoms with Crippen LogP contribution >= 0.6 is 0 Å². The highest BCUT2D eigenvalue weighted by Crippen LogP contribution is 2.25. The predicted octanol–water partition coefficient (Wildman–Crippen LogP) is 1.36. The van der Waals surface area contributed by atoms with Crippen molar-refractivity contribution in [2.75, 3.05) is 7.11 Å². The number of ether oxygens (including phenoxy) is 1. The Morgan fingerprint density at radius 2 is 2.21 bits per heavy atom. The smallest absolute Gasteiger partial charge is 0.256 e. The van der Waals surface area contributed by atoms with E-state index in [0.29, 0.717) is 11.5 Å². The molecule has 1 amide bonds. The van der Waals surface area contributed by atoms with Crippen molar-refractivity contribution in [3.63, 3.8) is 0 Å². The van der Waals surface area contributed by atoms with Gasteiger partial charge in [0.25, 0.3) is 5.91 Å².